The topological polar surface area (TPSA) is 164 Å². The molecule has 0 saturated carbocycles. The monoisotopic (exact) mass is 767 g/mol. The summed E-state index contributed by atoms with van der Waals surface area (Å²) in [7, 11) is 0. The summed E-state index contributed by atoms with van der Waals surface area (Å²) in [5.41, 5.74) is 0. The smallest absolute Gasteiger partial charge is 0.372 e. The molecule has 0 bridgehead atoms. The second-order valence-electron chi connectivity index (χ2n) is 12.6. The lowest BCUT2D eigenvalue weighted by atomic mass is 10.0. The summed E-state index contributed by atoms with van der Waals surface area (Å²) in [6.45, 7) is 11.0. The Bertz CT molecular complexity index is 785. The average molecular weight is 767 g/mol. The number of hydrogen-bond acceptors (Lipinski definition) is 13. The first-order chi connectivity index (χ1) is 26.1. The largest absolute Gasteiger partial charge is 0.476 e. The van der Waals surface area contributed by atoms with Crippen LogP contribution < -0.4 is 0 Å². The van der Waals surface area contributed by atoms with Gasteiger partial charge in [0.1, 0.15) is 6.61 Å². The summed E-state index contributed by atoms with van der Waals surface area (Å²) in [5.74, 6) is -3.22. The van der Waals surface area contributed by atoms with Crippen molar-refractivity contribution in [1.82, 2.24) is 0 Å². The number of hydrogen-bond donors (Lipinski definition) is 1. The Balaban J connectivity index is 3.11. The second-order valence-corrected chi connectivity index (χ2v) is 12.6. The lowest BCUT2D eigenvalue weighted by Gasteiger charge is -2.09. The molecule has 0 rings (SSSR count). The first kappa shape index (κ1) is 51.2. The molecule has 0 spiro atoms. The van der Waals surface area contributed by atoms with Crippen LogP contribution in [0.5, 0.6) is 0 Å². The number of carbonyl (C=O) groups excluding carboxylic acids is 2. The highest BCUT2D eigenvalue weighted by Gasteiger charge is 2.14. The fraction of sp³-hybridized carbons (Fsp3) is 0.923. The van der Waals surface area contributed by atoms with Crippen molar-refractivity contribution >= 4 is 17.7 Å². The zero-order valence-electron chi connectivity index (χ0n) is 33.0. The number of ketones is 1. The quantitative estimate of drug-likeness (QED) is 0.0463. The lowest BCUT2D eigenvalue weighted by Crippen LogP contribution is -2.17. The van der Waals surface area contributed by atoms with E-state index in [1.54, 1.807) is 0 Å². The summed E-state index contributed by atoms with van der Waals surface area (Å²) in [5, 5.41) is 8.45. The Morgan fingerprint density at radius 2 is 0.604 bits per heavy atom. The molecule has 1 N–H and O–H groups in total. The van der Waals surface area contributed by atoms with Crippen LogP contribution in [0.1, 0.15) is 110 Å². The van der Waals surface area contributed by atoms with Crippen molar-refractivity contribution in [1.29, 1.82) is 0 Å². The van der Waals surface area contributed by atoms with Gasteiger partial charge in [0, 0.05) is 13.0 Å². The van der Waals surface area contributed by atoms with E-state index in [1.165, 1.54) is 83.5 Å². The molecule has 0 aliphatic heterocycles. The molecule has 0 amide bonds. The molecule has 0 saturated heterocycles. The molecule has 0 aromatic heterocycles. The number of aliphatic carboxylic acids is 1. The molecule has 0 atom stereocenters. The first-order valence-corrected chi connectivity index (χ1v) is 20.2. The van der Waals surface area contributed by atoms with Gasteiger partial charge in [0.15, 0.2) is 0 Å². The first-order valence-electron chi connectivity index (χ1n) is 20.2. The van der Waals surface area contributed by atoms with Crippen LogP contribution in [-0.4, -0.2) is 148 Å². The molecule has 14 nitrogen and oxygen atoms in total. The molecule has 314 valence electrons. The standard InChI is InChI=1S/C39H74O14/c1-2-3-4-5-6-7-8-9-10-11-12-13-14-15-18-44-19-20-45-21-22-46-23-24-47-25-26-48-27-28-49-29-30-50-31-32-51-33-34-52-35-36-53-38(41)17-16-37(40)39(42)43/h2-36H2,1H3,(H,42,43). The molecule has 0 radical (unpaired) electrons. The van der Waals surface area contributed by atoms with E-state index in [0.29, 0.717) is 106 Å². The predicted molar refractivity (Wildman–Crippen MR) is 201 cm³/mol. The number of carboxylic acids is 1. The van der Waals surface area contributed by atoms with E-state index in [9.17, 15) is 14.4 Å². The molecule has 14 heteroatoms. The molecule has 0 aliphatic carbocycles. The summed E-state index contributed by atoms with van der Waals surface area (Å²) in [4.78, 5) is 32.7. The van der Waals surface area contributed by atoms with Gasteiger partial charge in [0.05, 0.1) is 119 Å². The maximum absolute atomic E-state index is 11.4. The molecule has 0 aromatic carbocycles. The number of esters is 1. The lowest BCUT2D eigenvalue weighted by molar-refractivity contribution is -0.151. The fourth-order valence-corrected chi connectivity index (χ4v) is 4.87. The molecule has 0 aliphatic rings. The van der Waals surface area contributed by atoms with E-state index in [2.05, 4.69) is 6.92 Å². The van der Waals surface area contributed by atoms with Gasteiger partial charge in [-0.25, -0.2) is 4.79 Å². The summed E-state index contributed by atoms with van der Waals surface area (Å²) >= 11 is 0. The molecule has 0 heterocycles. The van der Waals surface area contributed by atoms with Crippen LogP contribution in [-0.2, 0) is 61.8 Å². The van der Waals surface area contributed by atoms with E-state index in [1.807, 2.05) is 0 Å². The SMILES string of the molecule is CCCCCCCCCCCCCCCCOCCOCCOCCOCCOCCOCCOCCOCCOCCOC(=O)CCC(=O)C(=O)O. The van der Waals surface area contributed by atoms with Crippen molar-refractivity contribution in [2.45, 2.75) is 110 Å². The van der Waals surface area contributed by atoms with Gasteiger partial charge in [-0.1, -0.05) is 90.4 Å². The zero-order chi connectivity index (χ0) is 38.6. The third-order valence-corrected chi connectivity index (χ3v) is 7.90. The number of carbonyl (C=O) groups is 3. The van der Waals surface area contributed by atoms with Gasteiger partial charge in [-0.3, -0.25) is 9.59 Å². The normalized spacial score (nSPS) is 11.3. The van der Waals surface area contributed by atoms with Crippen molar-refractivity contribution in [2.24, 2.45) is 0 Å². The summed E-state index contributed by atoms with van der Waals surface area (Å²) in [6.07, 6.45) is 18.5. The van der Waals surface area contributed by atoms with Crippen LogP contribution in [0, 0.1) is 0 Å². The van der Waals surface area contributed by atoms with Crippen LogP contribution in [0.4, 0.5) is 0 Å². The maximum atomic E-state index is 11.4. The van der Waals surface area contributed by atoms with Crippen LogP contribution in [0.2, 0.25) is 0 Å². The predicted octanol–water partition coefficient (Wildman–Crippen LogP) is 5.59. The minimum atomic E-state index is -1.56. The zero-order valence-corrected chi connectivity index (χ0v) is 33.0. The van der Waals surface area contributed by atoms with E-state index in [0.717, 1.165) is 13.0 Å². The molecule has 0 unspecified atom stereocenters. The number of ether oxygens (including phenoxy) is 10. The highest BCUT2D eigenvalue weighted by atomic mass is 16.6. The third-order valence-electron chi connectivity index (χ3n) is 7.90. The Morgan fingerprint density at radius 3 is 0.906 bits per heavy atom. The minimum absolute atomic E-state index is 0.0188. The van der Waals surface area contributed by atoms with Crippen LogP contribution in [0.3, 0.4) is 0 Å². The van der Waals surface area contributed by atoms with Crippen LogP contribution in [0.25, 0.3) is 0 Å². The average Bonchev–Trinajstić information content (AvgIpc) is 3.15. The Hall–Kier alpha value is -1.75. The number of carboxylic acid groups (broad SMARTS) is 1. The van der Waals surface area contributed by atoms with E-state index < -0.39 is 17.7 Å². The van der Waals surface area contributed by atoms with Gasteiger partial charge >= 0.3 is 11.9 Å². The third kappa shape index (κ3) is 44.5. The van der Waals surface area contributed by atoms with Crippen molar-refractivity contribution in [2.75, 3.05) is 126 Å². The molecular weight excluding hydrogens is 692 g/mol. The van der Waals surface area contributed by atoms with Crippen molar-refractivity contribution in [3.8, 4) is 0 Å². The van der Waals surface area contributed by atoms with Crippen molar-refractivity contribution < 1.29 is 66.9 Å². The molecule has 0 aromatic rings. The number of Topliss-reactive ketones (excluding diaryl/α,β-unsaturated/α-hetero) is 1. The number of rotatable bonds is 46. The van der Waals surface area contributed by atoms with Gasteiger partial charge < -0.3 is 52.5 Å². The maximum Gasteiger partial charge on any atom is 0.372 e. The Labute approximate surface area is 319 Å². The van der Waals surface area contributed by atoms with Gasteiger partial charge in [-0.05, 0) is 6.42 Å². The highest BCUT2D eigenvalue weighted by Crippen LogP contribution is 2.13. The van der Waals surface area contributed by atoms with E-state index in [4.69, 9.17) is 52.5 Å². The molecule has 53 heavy (non-hydrogen) atoms. The second kappa shape index (κ2) is 44.6. The van der Waals surface area contributed by atoms with Crippen molar-refractivity contribution in [3.63, 3.8) is 0 Å². The number of unbranched alkanes of at least 4 members (excludes halogenated alkanes) is 13. The van der Waals surface area contributed by atoms with Gasteiger partial charge in [0.25, 0.3) is 0 Å². The van der Waals surface area contributed by atoms with E-state index >= 15 is 0 Å². The van der Waals surface area contributed by atoms with Crippen LogP contribution in [0.15, 0.2) is 0 Å². The molecular formula is C39H74O14. The van der Waals surface area contributed by atoms with E-state index in [-0.39, 0.29) is 26.1 Å². The minimum Gasteiger partial charge on any atom is -0.476 e. The Kier molecular flexibility index (Phi) is 43.2. The highest BCUT2D eigenvalue weighted by molar-refractivity contribution is 6.32. The Morgan fingerprint density at radius 1 is 0.340 bits per heavy atom. The molecule has 0 fully saturated rings. The van der Waals surface area contributed by atoms with Crippen LogP contribution >= 0.6 is 0 Å². The summed E-state index contributed by atoms with van der Waals surface area (Å²) < 4.78 is 54.1. The van der Waals surface area contributed by atoms with Gasteiger partial charge in [0.2, 0.25) is 5.78 Å². The van der Waals surface area contributed by atoms with Gasteiger partial charge in [-0.2, -0.15) is 0 Å². The summed E-state index contributed by atoms with van der Waals surface area (Å²) in [6, 6.07) is 0. The van der Waals surface area contributed by atoms with Crippen molar-refractivity contribution in [3.05, 3.63) is 0 Å². The fourth-order valence-electron chi connectivity index (χ4n) is 4.87. The van der Waals surface area contributed by atoms with Gasteiger partial charge in [-0.15, -0.1) is 0 Å².